The van der Waals surface area contributed by atoms with Crippen molar-refractivity contribution < 1.29 is 9.21 Å². The maximum Gasteiger partial charge on any atom is 0.287 e. The van der Waals surface area contributed by atoms with E-state index in [0.717, 1.165) is 56.5 Å². The lowest BCUT2D eigenvalue weighted by atomic mass is 9.79. The van der Waals surface area contributed by atoms with Gasteiger partial charge in [0.1, 0.15) is 5.58 Å². The molecule has 1 aliphatic heterocycles. The van der Waals surface area contributed by atoms with Gasteiger partial charge in [0.2, 0.25) is 0 Å². The number of carbonyl (C=O) groups is 1. The second-order valence-corrected chi connectivity index (χ2v) is 9.02. The van der Waals surface area contributed by atoms with Crippen molar-refractivity contribution in [2.24, 2.45) is 0 Å². The van der Waals surface area contributed by atoms with Gasteiger partial charge in [0.15, 0.2) is 5.76 Å². The molecule has 1 aromatic heterocycles. The standard InChI is InChI=1S/C23H32ClN3O2/c1-3-26-11-13-27(14-12-26)23(9-5-4-6-10-23)16-25-22(28)21-17(2)19-15-18(24)7-8-20(19)29-21/h7-8,15H,3-6,9-14,16H2,1-2H3,(H,25,28). The van der Waals surface area contributed by atoms with Gasteiger partial charge in [0.25, 0.3) is 5.91 Å². The summed E-state index contributed by atoms with van der Waals surface area (Å²) in [6.07, 6.45) is 6.11. The molecule has 1 aliphatic carbocycles. The van der Waals surface area contributed by atoms with Gasteiger partial charge in [-0.1, -0.05) is 37.8 Å². The molecule has 1 saturated carbocycles. The Bertz CT molecular complexity index is 864. The summed E-state index contributed by atoms with van der Waals surface area (Å²) in [6, 6.07) is 5.49. The molecule has 29 heavy (non-hydrogen) atoms. The van der Waals surface area contributed by atoms with Crippen LogP contribution in [0.4, 0.5) is 0 Å². The molecule has 1 aromatic carbocycles. The highest BCUT2D eigenvalue weighted by atomic mass is 35.5. The van der Waals surface area contributed by atoms with Gasteiger partial charge in [-0.15, -0.1) is 0 Å². The van der Waals surface area contributed by atoms with Crippen LogP contribution in [-0.4, -0.2) is 60.5 Å². The summed E-state index contributed by atoms with van der Waals surface area (Å²) in [5.41, 5.74) is 1.64. The van der Waals surface area contributed by atoms with Gasteiger partial charge >= 0.3 is 0 Å². The first kappa shape index (κ1) is 20.7. The molecular weight excluding hydrogens is 386 g/mol. The zero-order chi connectivity index (χ0) is 20.4. The van der Waals surface area contributed by atoms with Crippen LogP contribution in [-0.2, 0) is 0 Å². The molecule has 0 bridgehead atoms. The molecule has 1 amide bonds. The molecule has 4 rings (SSSR count). The van der Waals surface area contributed by atoms with Crippen LogP contribution in [0, 0.1) is 6.92 Å². The average molecular weight is 418 g/mol. The van der Waals surface area contributed by atoms with Crippen molar-refractivity contribution in [3.63, 3.8) is 0 Å². The van der Waals surface area contributed by atoms with Gasteiger partial charge in [0.05, 0.1) is 0 Å². The largest absolute Gasteiger partial charge is 0.451 e. The molecule has 0 spiro atoms. The number of nitrogens with zero attached hydrogens (tertiary/aromatic N) is 2. The van der Waals surface area contributed by atoms with Crippen molar-refractivity contribution in [3.05, 3.63) is 34.5 Å². The Hall–Kier alpha value is -1.56. The van der Waals surface area contributed by atoms with E-state index >= 15 is 0 Å². The number of aryl methyl sites for hydroxylation is 1. The number of carbonyl (C=O) groups excluding carboxylic acids is 1. The van der Waals surface area contributed by atoms with Gasteiger partial charge in [-0.3, -0.25) is 9.69 Å². The summed E-state index contributed by atoms with van der Waals surface area (Å²) < 4.78 is 5.87. The Kier molecular flexibility index (Phi) is 6.19. The van der Waals surface area contributed by atoms with Crippen LogP contribution in [0.1, 0.15) is 55.1 Å². The lowest BCUT2D eigenvalue weighted by Gasteiger charge is -2.50. The number of fused-ring (bicyclic) bond motifs is 1. The van der Waals surface area contributed by atoms with E-state index in [2.05, 4.69) is 22.0 Å². The van der Waals surface area contributed by atoms with Crippen molar-refractivity contribution in [2.45, 2.75) is 51.5 Å². The fourth-order valence-corrected chi connectivity index (χ4v) is 5.26. The van der Waals surface area contributed by atoms with E-state index in [1.54, 1.807) is 6.07 Å². The third kappa shape index (κ3) is 4.18. The summed E-state index contributed by atoms with van der Waals surface area (Å²) in [4.78, 5) is 18.2. The van der Waals surface area contributed by atoms with Crippen LogP contribution in [0.5, 0.6) is 0 Å². The minimum atomic E-state index is -0.119. The van der Waals surface area contributed by atoms with Crippen molar-refractivity contribution >= 4 is 28.5 Å². The molecule has 6 heteroatoms. The van der Waals surface area contributed by atoms with Gasteiger partial charge < -0.3 is 14.6 Å². The number of benzene rings is 1. The van der Waals surface area contributed by atoms with Crippen LogP contribution in [0.15, 0.2) is 22.6 Å². The van der Waals surface area contributed by atoms with E-state index < -0.39 is 0 Å². The summed E-state index contributed by atoms with van der Waals surface area (Å²) in [5.74, 6) is 0.288. The second-order valence-electron chi connectivity index (χ2n) is 8.59. The number of furan rings is 1. The topological polar surface area (TPSA) is 48.7 Å². The summed E-state index contributed by atoms with van der Waals surface area (Å²) >= 11 is 6.12. The van der Waals surface area contributed by atoms with Crippen LogP contribution in [0.2, 0.25) is 5.02 Å². The summed E-state index contributed by atoms with van der Waals surface area (Å²) in [5, 5.41) is 4.79. The first-order chi connectivity index (χ1) is 14.0. The van der Waals surface area contributed by atoms with E-state index in [-0.39, 0.29) is 11.4 Å². The Morgan fingerprint density at radius 2 is 1.90 bits per heavy atom. The minimum absolute atomic E-state index is 0.0803. The number of likely N-dealkylation sites (N-methyl/N-ethyl adjacent to an activating group) is 1. The molecule has 0 radical (unpaired) electrons. The molecule has 158 valence electrons. The van der Waals surface area contributed by atoms with E-state index in [1.807, 2.05) is 19.1 Å². The smallest absolute Gasteiger partial charge is 0.287 e. The number of hydrogen-bond acceptors (Lipinski definition) is 4. The highest BCUT2D eigenvalue weighted by Gasteiger charge is 2.39. The van der Waals surface area contributed by atoms with E-state index in [0.29, 0.717) is 22.9 Å². The minimum Gasteiger partial charge on any atom is -0.451 e. The summed E-state index contributed by atoms with van der Waals surface area (Å²) in [7, 11) is 0. The first-order valence-corrected chi connectivity index (χ1v) is 11.3. The number of rotatable bonds is 5. The molecule has 0 unspecified atom stereocenters. The molecule has 2 heterocycles. The van der Waals surface area contributed by atoms with Crippen LogP contribution in [0.3, 0.4) is 0 Å². The van der Waals surface area contributed by atoms with Gasteiger partial charge in [-0.25, -0.2) is 0 Å². The van der Waals surface area contributed by atoms with Crippen molar-refractivity contribution in [1.82, 2.24) is 15.1 Å². The SMILES string of the molecule is CCN1CCN(C2(CNC(=O)c3oc4ccc(Cl)cc4c3C)CCCCC2)CC1. The Morgan fingerprint density at radius 1 is 1.17 bits per heavy atom. The number of hydrogen-bond donors (Lipinski definition) is 1. The van der Waals surface area contributed by atoms with Crippen LogP contribution >= 0.6 is 11.6 Å². The summed E-state index contributed by atoms with van der Waals surface area (Å²) in [6.45, 7) is 10.4. The Balaban J connectivity index is 1.49. The average Bonchev–Trinajstić information content (AvgIpc) is 3.09. The monoisotopic (exact) mass is 417 g/mol. The fraction of sp³-hybridized carbons (Fsp3) is 0.609. The fourth-order valence-electron chi connectivity index (χ4n) is 5.09. The van der Waals surface area contributed by atoms with Gasteiger partial charge in [0, 0.05) is 54.2 Å². The number of amides is 1. The Morgan fingerprint density at radius 3 is 2.59 bits per heavy atom. The quantitative estimate of drug-likeness (QED) is 0.779. The maximum absolute atomic E-state index is 13.0. The molecule has 5 nitrogen and oxygen atoms in total. The molecule has 1 N–H and O–H groups in total. The highest BCUT2D eigenvalue weighted by molar-refractivity contribution is 6.31. The predicted molar refractivity (Wildman–Crippen MR) is 118 cm³/mol. The Labute approximate surface area is 178 Å². The number of piperazine rings is 1. The van der Waals surface area contributed by atoms with Gasteiger partial charge in [-0.2, -0.15) is 0 Å². The lowest BCUT2D eigenvalue weighted by molar-refractivity contribution is 0.00907. The lowest BCUT2D eigenvalue weighted by Crippen LogP contribution is -2.61. The third-order valence-electron chi connectivity index (χ3n) is 6.96. The predicted octanol–water partition coefficient (Wildman–Crippen LogP) is 4.46. The molecule has 2 fully saturated rings. The van der Waals surface area contributed by atoms with Crippen molar-refractivity contribution in [1.29, 1.82) is 0 Å². The molecule has 2 aliphatic rings. The van der Waals surface area contributed by atoms with Gasteiger partial charge in [-0.05, 0) is 44.5 Å². The van der Waals surface area contributed by atoms with E-state index in [4.69, 9.17) is 16.0 Å². The normalized spacial score (nSPS) is 20.8. The van der Waals surface area contributed by atoms with E-state index in [1.165, 1.54) is 19.3 Å². The second kappa shape index (κ2) is 8.66. The zero-order valence-electron chi connectivity index (χ0n) is 17.6. The van der Waals surface area contributed by atoms with Crippen molar-refractivity contribution in [2.75, 3.05) is 39.3 Å². The number of nitrogens with one attached hydrogen (secondary N) is 1. The highest BCUT2D eigenvalue weighted by Crippen LogP contribution is 2.34. The molecule has 1 saturated heterocycles. The molecule has 0 atom stereocenters. The number of halogens is 1. The van der Waals surface area contributed by atoms with Crippen LogP contribution in [0.25, 0.3) is 11.0 Å². The maximum atomic E-state index is 13.0. The molecular formula is C23H32ClN3O2. The zero-order valence-corrected chi connectivity index (χ0v) is 18.4. The van der Waals surface area contributed by atoms with Crippen molar-refractivity contribution in [3.8, 4) is 0 Å². The first-order valence-electron chi connectivity index (χ1n) is 11.0. The van der Waals surface area contributed by atoms with E-state index in [9.17, 15) is 4.79 Å². The molecule has 2 aromatic rings. The third-order valence-corrected chi connectivity index (χ3v) is 7.19. The van der Waals surface area contributed by atoms with Crippen LogP contribution < -0.4 is 5.32 Å².